The van der Waals surface area contributed by atoms with E-state index in [0.29, 0.717) is 25.6 Å². The van der Waals surface area contributed by atoms with Crippen molar-refractivity contribution in [2.75, 3.05) is 39.9 Å². The molecule has 0 aromatic rings. The number of aliphatic carboxylic acids is 1. The van der Waals surface area contributed by atoms with Crippen LogP contribution in [0.25, 0.3) is 0 Å². The van der Waals surface area contributed by atoms with Gasteiger partial charge in [-0.1, -0.05) is 0 Å². The van der Waals surface area contributed by atoms with Gasteiger partial charge in [0.05, 0.1) is 0 Å². The standard InChI is InChI=1S/C12H22N2O4/c1-3-13(8-11(15)16)12(17)14-6-4-10(5-7-14)9-18-2/h10H,3-9H2,1-2H3,(H,15,16). The zero-order chi connectivity index (χ0) is 13.5. The van der Waals surface area contributed by atoms with Crippen LogP contribution < -0.4 is 0 Å². The smallest absolute Gasteiger partial charge is 0.323 e. The van der Waals surface area contributed by atoms with E-state index in [0.717, 1.165) is 19.4 Å². The molecule has 1 aliphatic rings. The summed E-state index contributed by atoms with van der Waals surface area (Å²) in [5, 5.41) is 8.75. The van der Waals surface area contributed by atoms with E-state index in [9.17, 15) is 9.59 Å². The van der Waals surface area contributed by atoms with Gasteiger partial charge >= 0.3 is 12.0 Å². The molecule has 0 saturated carbocycles. The van der Waals surface area contributed by atoms with Crippen molar-refractivity contribution < 1.29 is 19.4 Å². The number of piperidine rings is 1. The first-order valence-corrected chi connectivity index (χ1v) is 6.33. The summed E-state index contributed by atoms with van der Waals surface area (Å²) in [6.45, 7) is 4.08. The van der Waals surface area contributed by atoms with Gasteiger partial charge in [0, 0.05) is 33.4 Å². The molecule has 2 amide bonds. The Morgan fingerprint density at radius 3 is 2.44 bits per heavy atom. The molecular weight excluding hydrogens is 236 g/mol. The van der Waals surface area contributed by atoms with Gasteiger partial charge in [-0.05, 0) is 25.7 Å². The molecule has 0 aromatic carbocycles. The van der Waals surface area contributed by atoms with Crippen molar-refractivity contribution in [3.63, 3.8) is 0 Å². The van der Waals surface area contributed by atoms with Crippen LogP contribution in [0.4, 0.5) is 4.79 Å². The van der Waals surface area contributed by atoms with Crippen LogP contribution >= 0.6 is 0 Å². The first-order chi connectivity index (χ1) is 8.58. The van der Waals surface area contributed by atoms with E-state index in [1.54, 1.807) is 18.9 Å². The monoisotopic (exact) mass is 258 g/mol. The van der Waals surface area contributed by atoms with Crippen LogP contribution in [-0.4, -0.2) is 66.8 Å². The van der Waals surface area contributed by atoms with Gasteiger partial charge in [-0.2, -0.15) is 0 Å². The number of methoxy groups -OCH3 is 1. The molecule has 1 aliphatic heterocycles. The second-order valence-corrected chi connectivity index (χ2v) is 4.58. The fourth-order valence-electron chi connectivity index (χ4n) is 2.20. The predicted octanol–water partition coefficient (Wildman–Crippen LogP) is 0.871. The number of rotatable bonds is 5. The lowest BCUT2D eigenvalue weighted by molar-refractivity contribution is -0.137. The Labute approximate surface area is 107 Å². The lowest BCUT2D eigenvalue weighted by Gasteiger charge is -2.34. The number of hydrogen-bond donors (Lipinski definition) is 1. The number of carbonyl (C=O) groups excluding carboxylic acids is 1. The normalized spacial score (nSPS) is 16.7. The highest BCUT2D eigenvalue weighted by Gasteiger charge is 2.26. The maximum Gasteiger partial charge on any atom is 0.323 e. The number of likely N-dealkylation sites (tertiary alicyclic amines) is 1. The zero-order valence-corrected chi connectivity index (χ0v) is 11.1. The summed E-state index contributed by atoms with van der Waals surface area (Å²) in [7, 11) is 1.68. The molecule has 1 saturated heterocycles. The molecule has 1 heterocycles. The van der Waals surface area contributed by atoms with Crippen molar-refractivity contribution >= 4 is 12.0 Å². The van der Waals surface area contributed by atoms with Crippen LogP contribution in [0.15, 0.2) is 0 Å². The molecule has 6 heteroatoms. The minimum atomic E-state index is -0.973. The van der Waals surface area contributed by atoms with Crippen molar-refractivity contribution in [2.24, 2.45) is 5.92 Å². The van der Waals surface area contributed by atoms with E-state index >= 15 is 0 Å². The highest BCUT2D eigenvalue weighted by molar-refractivity contribution is 5.80. The number of carboxylic acids is 1. The summed E-state index contributed by atoms with van der Waals surface area (Å²) in [6.07, 6.45) is 1.84. The lowest BCUT2D eigenvalue weighted by atomic mass is 9.98. The first-order valence-electron chi connectivity index (χ1n) is 6.33. The van der Waals surface area contributed by atoms with Gasteiger partial charge in [-0.3, -0.25) is 4.79 Å². The number of amides is 2. The molecule has 0 atom stereocenters. The van der Waals surface area contributed by atoms with E-state index in [1.807, 2.05) is 0 Å². The van der Waals surface area contributed by atoms with Crippen molar-refractivity contribution in [3.8, 4) is 0 Å². The molecule has 0 unspecified atom stereocenters. The van der Waals surface area contributed by atoms with E-state index in [1.165, 1.54) is 4.90 Å². The molecule has 0 radical (unpaired) electrons. The third-order valence-corrected chi connectivity index (χ3v) is 3.27. The average molecular weight is 258 g/mol. The molecule has 1 fully saturated rings. The number of nitrogens with zero attached hydrogens (tertiary/aromatic N) is 2. The Hall–Kier alpha value is -1.30. The zero-order valence-electron chi connectivity index (χ0n) is 11.1. The van der Waals surface area contributed by atoms with Gasteiger partial charge in [0.2, 0.25) is 0 Å². The van der Waals surface area contributed by atoms with Gasteiger partial charge in [-0.15, -0.1) is 0 Å². The number of hydrogen-bond acceptors (Lipinski definition) is 3. The third-order valence-electron chi connectivity index (χ3n) is 3.27. The van der Waals surface area contributed by atoms with Crippen LogP contribution in [-0.2, 0) is 9.53 Å². The summed E-state index contributed by atoms with van der Waals surface area (Å²) >= 11 is 0. The second-order valence-electron chi connectivity index (χ2n) is 4.58. The van der Waals surface area contributed by atoms with Crippen LogP contribution in [0.1, 0.15) is 19.8 Å². The van der Waals surface area contributed by atoms with Crippen molar-refractivity contribution in [1.82, 2.24) is 9.80 Å². The highest BCUT2D eigenvalue weighted by atomic mass is 16.5. The Morgan fingerprint density at radius 2 is 2.00 bits per heavy atom. The van der Waals surface area contributed by atoms with Crippen LogP contribution in [0.5, 0.6) is 0 Å². The van der Waals surface area contributed by atoms with Crippen LogP contribution in [0.2, 0.25) is 0 Å². The van der Waals surface area contributed by atoms with Gasteiger partial charge in [0.15, 0.2) is 0 Å². The summed E-state index contributed by atoms with van der Waals surface area (Å²) < 4.78 is 5.11. The molecule has 104 valence electrons. The maximum absolute atomic E-state index is 12.1. The Morgan fingerprint density at radius 1 is 1.39 bits per heavy atom. The highest BCUT2D eigenvalue weighted by Crippen LogP contribution is 2.18. The largest absolute Gasteiger partial charge is 0.480 e. The minimum Gasteiger partial charge on any atom is -0.480 e. The van der Waals surface area contributed by atoms with Crippen molar-refractivity contribution in [2.45, 2.75) is 19.8 Å². The van der Waals surface area contributed by atoms with Gasteiger partial charge in [0.25, 0.3) is 0 Å². The second kappa shape index (κ2) is 7.20. The summed E-state index contributed by atoms with van der Waals surface area (Å²) in [4.78, 5) is 25.8. The Balaban J connectivity index is 2.45. The molecule has 6 nitrogen and oxygen atoms in total. The van der Waals surface area contributed by atoms with E-state index < -0.39 is 5.97 Å². The third kappa shape index (κ3) is 4.18. The number of likely N-dealkylation sites (N-methyl/N-ethyl adjacent to an activating group) is 1. The molecule has 0 spiro atoms. The first kappa shape index (κ1) is 14.8. The number of carbonyl (C=O) groups is 2. The summed E-state index contributed by atoms with van der Waals surface area (Å²) in [5.41, 5.74) is 0. The predicted molar refractivity (Wildman–Crippen MR) is 66.5 cm³/mol. The summed E-state index contributed by atoms with van der Waals surface area (Å²) in [6, 6.07) is -0.171. The lowest BCUT2D eigenvalue weighted by Crippen LogP contribution is -2.48. The number of urea groups is 1. The average Bonchev–Trinajstić information content (AvgIpc) is 2.36. The molecule has 0 aromatic heterocycles. The molecule has 18 heavy (non-hydrogen) atoms. The van der Waals surface area contributed by atoms with E-state index in [2.05, 4.69) is 0 Å². The topological polar surface area (TPSA) is 70.1 Å². The van der Waals surface area contributed by atoms with Gasteiger partial charge in [-0.25, -0.2) is 4.79 Å². The quantitative estimate of drug-likeness (QED) is 0.794. The van der Waals surface area contributed by atoms with Crippen LogP contribution in [0.3, 0.4) is 0 Å². The van der Waals surface area contributed by atoms with Crippen molar-refractivity contribution in [1.29, 1.82) is 0 Å². The Bertz CT molecular complexity index is 288. The maximum atomic E-state index is 12.1. The summed E-state index contributed by atoms with van der Waals surface area (Å²) in [5.74, 6) is -0.465. The molecule has 0 bridgehead atoms. The van der Waals surface area contributed by atoms with Gasteiger partial charge < -0.3 is 19.6 Å². The molecule has 0 aliphatic carbocycles. The Kier molecular flexibility index (Phi) is 5.91. The molecule has 1 rings (SSSR count). The van der Waals surface area contributed by atoms with Gasteiger partial charge in [0.1, 0.15) is 6.54 Å². The molecular formula is C12H22N2O4. The van der Waals surface area contributed by atoms with Crippen LogP contribution in [0, 0.1) is 5.92 Å². The fourth-order valence-corrected chi connectivity index (χ4v) is 2.20. The minimum absolute atomic E-state index is 0.171. The number of ether oxygens (including phenoxy) is 1. The number of carboxylic acid groups (broad SMARTS) is 1. The molecule has 1 N–H and O–H groups in total. The van der Waals surface area contributed by atoms with E-state index in [-0.39, 0.29) is 12.6 Å². The van der Waals surface area contributed by atoms with Crippen molar-refractivity contribution in [3.05, 3.63) is 0 Å². The fraction of sp³-hybridized carbons (Fsp3) is 0.833. The van der Waals surface area contributed by atoms with E-state index in [4.69, 9.17) is 9.84 Å². The SMILES string of the molecule is CCN(CC(=O)O)C(=O)N1CCC(COC)CC1.